The highest BCUT2D eigenvalue weighted by Crippen LogP contribution is 2.22. The van der Waals surface area contributed by atoms with Crippen LogP contribution in [0.2, 0.25) is 0 Å². The van der Waals surface area contributed by atoms with Crippen molar-refractivity contribution in [1.82, 2.24) is 9.97 Å². The molecule has 0 aliphatic carbocycles. The fraction of sp³-hybridized carbons (Fsp3) is 0.167. The zero-order valence-corrected chi connectivity index (χ0v) is 13.1. The van der Waals surface area contributed by atoms with Gasteiger partial charge in [0.25, 0.3) is 0 Å². The van der Waals surface area contributed by atoms with Crippen LogP contribution in [0.3, 0.4) is 0 Å². The van der Waals surface area contributed by atoms with Crippen molar-refractivity contribution in [2.45, 2.75) is 12.6 Å². The van der Waals surface area contributed by atoms with E-state index >= 15 is 0 Å². The summed E-state index contributed by atoms with van der Waals surface area (Å²) in [5.41, 5.74) is 1.31. The number of hydrogen-bond acceptors (Lipinski definition) is 3. The molecule has 7 heteroatoms. The number of amides is 1. The van der Waals surface area contributed by atoms with Crippen molar-refractivity contribution in [1.29, 1.82) is 0 Å². The lowest BCUT2D eigenvalue weighted by atomic mass is 10.1. The summed E-state index contributed by atoms with van der Waals surface area (Å²) in [7, 11) is 0. The summed E-state index contributed by atoms with van der Waals surface area (Å²) < 4.78 is 38.6. The average Bonchev–Trinajstić information content (AvgIpc) is 2.59. The van der Waals surface area contributed by atoms with Crippen LogP contribution in [0, 0.1) is 0 Å². The molecule has 0 aliphatic heterocycles. The smallest absolute Gasteiger partial charge is 0.287 e. The third-order valence-electron chi connectivity index (χ3n) is 3.57. The fourth-order valence-corrected chi connectivity index (χ4v) is 2.47. The summed E-state index contributed by atoms with van der Waals surface area (Å²) in [5.74, 6) is -0.716. The van der Waals surface area contributed by atoms with E-state index in [4.69, 9.17) is 0 Å². The molecule has 3 rings (SSSR count). The Hall–Kier alpha value is -2.96. The number of fused-ring (bicyclic) bond motifs is 1. The van der Waals surface area contributed by atoms with Crippen molar-refractivity contribution < 1.29 is 18.0 Å². The highest BCUT2D eigenvalue weighted by molar-refractivity contribution is 5.94. The second kappa shape index (κ2) is 6.88. The third kappa shape index (κ3) is 4.32. The summed E-state index contributed by atoms with van der Waals surface area (Å²) in [6.07, 6.45) is -1.85. The lowest BCUT2D eigenvalue weighted by Gasteiger charge is -2.23. The number of alkyl halides is 3. The number of benzene rings is 1. The molecule has 0 aliphatic rings. The molecule has 0 atom stereocenters. The molecule has 3 aromatic rings. The van der Waals surface area contributed by atoms with E-state index in [1.54, 1.807) is 12.1 Å². The van der Waals surface area contributed by atoms with Crippen LogP contribution in [0.1, 0.15) is 5.56 Å². The van der Waals surface area contributed by atoms with Crippen molar-refractivity contribution in [3.8, 4) is 0 Å². The van der Waals surface area contributed by atoms with E-state index in [9.17, 15) is 18.0 Å². The third-order valence-corrected chi connectivity index (χ3v) is 3.57. The van der Waals surface area contributed by atoms with Gasteiger partial charge in [-0.05, 0) is 29.8 Å². The second-order valence-corrected chi connectivity index (χ2v) is 5.50. The van der Waals surface area contributed by atoms with E-state index in [1.165, 1.54) is 24.5 Å². The van der Waals surface area contributed by atoms with E-state index in [-0.39, 0.29) is 12.2 Å². The topological polar surface area (TPSA) is 46.1 Å². The molecule has 4 nitrogen and oxygen atoms in total. The zero-order valence-electron chi connectivity index (χ0n) is 13.1. The van der Waals surface area contributed by atoms with E-state index in [0.717, 1.165) is 10.9 Å². The Bertz CT molecular complexity index is 881. The van der Waals surface area contributed by atoms with E-state index in [1.807, 2.05) is 24.3 Å². The molecule has 0 radical (unpaired) electrons. The Morgan fingerprint density at radius 2 is 1.80 bits per heavy atom. The summed E-state index contributed by atoms with van der Waals surface area (Å²) in [4.78, 5) is 21.2. The van der Waals surface area contributed by atoms with Crippen molar-refractivity contribution in [2.24, 2.45) is 0 Å². The highest BCUT2D eigenvalue weighted by Gasteiger charge is 2.34. The lowest BCUT2D eigenvalue weighted by molar-refractivity contribution is -0.132. The number of nitrogens with zero attached hydrogens (tertiary/aromatic N) is 3. The highest BCUT2D eigenvalue weighted by atomic mass is 19.4. The summed E-state index contributed by atoms with van der Waals surface area (Å²) in [6.45, 7) is -1.39. The van der Waals surface area contributed by atoms with Crippen LogP contribution in [-0.2, 0) is 11.2 Å². The molecule has 0 bridgehead atoms. The summed E-state index contributed by atoms with van der Waals surface area (Å²) in [6, 6.07) is 13.6. The molecule has 0 fully saturated rings. The van der Waals surface area contributed by atoms with Gasteiger partial charge >= 0.3 is 6.18 Å². The van der Waals surface area contributed by atoms with Gasteiger partial charge in [0.05, 0.1) is 11.9 Å². The minimum absolute atomic E-state index is 0.0291. The van der Waals surface area contributed by atoms with E-state index in [2.05, 4.69) is 9.97 Å². The number of hydrogen-bond donors (Lipinski definition) is 0. The number of pyridine rings is 2. The van der Waals surface area contributed by atoms with Crippen LogP contribution in [0.25, 0.3) is 10.9 Å². The minimum Gasteiger partial charge on any atom is -0.287 e. The first-order chi connectivity index (χ1) is 11.9. The normalized spacial score (nSPS) is 11.5. The number of para-hydroxylation sites is 1. The molecule has 25 heavy (non-hydrogen) atoms. The largest absolute Gasteiger partial charge is 0.406 e. The quantitative estimate of drug-likeness (QED) is 0.723. The first kappa shape index (κ1) is 16.9. The molecule has 0 saturated carbocycles. The Morgan fingerprint density at radius 3 is 2.52 bits per heavy atom. The molecule has 0 unspecified atom stereocenters. The van der Waals surface area contributed by atoms with Gasteiger partial charge in [-0.2, -0.15) is 13.2 Å². The molecule has 2 heterocycles. The molecule has 0 spiro atoms. The van der Waals surface area contributed by atoms with Crippen LogP contribution in [0.5, 0.6) is 0 Å². The maximum Gasteiger partial charge on any atom is 0.406 e. The van der Waals surface area contributed by atoms with Gasteiger partial charge in [0.1, 0.15) is 12.4 Å². The molecule has 2 aromatic heterocycles. The lowest BCUT2D eigenvalue weighted by Crippen LogP contribution is -2.40. The van der Waals surface area contributed by atoms with Gasteiger partial charge in [0, 0.05) is 17.8 Å². The monoisotopic (exact) mass is 345 g/mol. The molecule has 1 aromatic carbocycles. The average molecular weight is 345 g/mol. The first-order valence-electron chi connectivity index (χ1n) is 7.54. The predicted molar refractivity (Wildman–Crippen MR) is 88.1 cm³/mol. The SMILES string of the molecule is O=C(Cc1cnc2ccccc2c1)N(CC(F)(F)F)c1ccccn1. The zero-order chi connectivity index (χ0) is 17.9. The predicted octanol–water partition coefficient (Wildman–Crippen LogP) is 3.77. The molecular weight excluding hydrogens is 331 g/mol. The molecule has 1 amide bonds. The maximum absolute atomic E-state index is 12.9. The van der Waals surface area contributed by atoms with Gasteiger partial charge < -0.3 is 0 Å². The first-order valence-corrected chi connectivity index (χ1v) is 7.54. The maximum atomic E-state index is 12.9. The molecule has 128 valence electrons. The molecule has 0 N–H and O–H groups in total. The van der Waals surface area contributed by atoms with Gasteiger partial charge in [0.2, 0.25) is 5.91 Å². The summed E-state index contributed by atoms with van der Waals surface area (Å²) >= 11 is 0. The number of aromatic nitrogens is 2. The molecule has 0 saturated heterocycles. The van der Waals surface area contributed by atoms with Crippen LogP contribution < -0.4 is 4.90 Å². The Balaban J connectivity index is 1.86. The van der Waals surface area contributed by atoms with Crippen molar-refractivity contribution in [2.75, 3.05) is 11.4 Å². The van der Waals surface area contributed by atoms with Gasteiger partial charge in [-0.3, -0.25) is 14.7 Å². The van der Waals surface area contributed by atoms with Crippen molar-refractivity contribution in [3.05, 3.63) is 66.5 Å². The fourth-order valence-electron chi connectivity index (χ4n) is 2.47. The van der Waals surface area contributed by atoms with E-state index < -0.39 is 18.6 Å². The number of anilines is 1. The Kier molecular flexibility index (Phi) is 4.65. The van der Waals surface area contributed by atoms with Crippen LogP contribution in [0.4, 0.5) is 19.0 Å². The van der Waals surface area contributed by atoms with Crippen LogP contribution >= 0.6 is 0 Å². The molecular formula is C18H14F3N3O. The number of halogens is 3. The number of rotatable bonds is 4. The van der Waals surface area contributed by atoms with Gasteiger partial charge in [-0.25, -0.2) is 4.98 Å². The second-order valence-electron chi connectivity index (χ2n) is 5.50. The van der Waals surface area contributed by atoms with Crippen molar-refractivity contribution >= 4 is 22.6 Å². The Morgan fingerprint density at radius 1 is 1.04 bits per heavy atom. The van der Waals surface area contributed by atoms with Crippen LogP contribution in [0.15, 0.2) is 60.9 Å². The Labute approximate surface area is 141 Å². The number of carbonyl (C=O) groups is 1. The van der Waals surface area contributed by atoms with Gasteiger partial charge in [0.15, 0.2) is 0 Å². The van der Waals surface area contributed by atoms with Crippen LogP contribution in [-0.4, -0.2) is 28.6 Å². The minimum atomic E-state index is -4.52. The van der Waals surface area contributed by atoms with Crippen molar-refractivity contribution in [3.63, 3.8) is 0 Å². The number of carbonyl (C=O) groups excluding carboxylic acids is 1. The van der Waals surface area contributed by atoms with E-state index in [0.29, 0.717) is 10.5 Å². The van der Waals surface area contributed by atoms with Gasteiger partial charge in [-0.15, -0.1) is 0 Å². The standard InChI is InChI=1S/C18H14F3N3O/c19-18(20,21)12-24(16-7-3-4-8-22-16)17(25)10-13-9-14-5-1-2-6-15(14)23-11-13/h1-9,11H,10,12H2. The van der Waals surface area contributed by atoms with Gasteiger partial charge in [-0.1, -0.05) is 24.3 Å². The summed E-state index contributed by atoms with van der Waals surface area (Å²) in [5, 5.41) is 0.827.